The standard InChI is InChI=1S/C30H43N3O4S/c1-27(2)24-10-12-29(27,30(35,18-24)20-32-26(34)23-7-5-15-31-19-23)21-38(36,37)33-16-13-28(14-17-33)11-9-22-6-3-4-8-25(22)28/h3-4,6,8-9,11,23-24,31,35H,5,7,10,12-21H2,1-2H3,(H,32,34)/t23?,24-,29+,30-/m1/s1. The first-order chi connectivity index (χ1) is 18.0. The summed E-state index contributed by atoms with van der Waals surface area (Å²) in [5, 5.41) is 18.5. The molecule has 0 radical (unpaired) electrons. The number of rotatable bonds is 6. The minimum atomic E-state index is -3.61. The lowest BCUT2D eigenvalue weighted by Gasteiger charge is -2.49. The Morgan fingerprint density at radius 2 is 1.92 bits per heavy atom. The van der Waals surface area contributed by atoms with Gasteiger partial charge in [0.2, 0.25) is 15.9 Å². The minimum Gasteiger partial charge on any atom is -0.387 e. The van der Waals surface area contributed by atoms with Crippen LogP contribution in [-0.4, -0.2) is 67.8 Å². The number of fused-ring (bicyclic) bond motifs is 4. The van der Waals surface area contributed by atoms with E-state index in [2.05, 4.69) is 60.9 Å². The van der Waals surface area contributed by atoms with Crippen molar-refractivity contribution in [1.82, 2.24) is 14.9 Å². The molecule has 7 nitrogen and oxygen atoms in total. The Morgan fingerprint density at radius 3 is 2.63 bits per heavy atom. The number of nitrogens with zero attached hydrogens (tertiary/aromatic N) is 1. The van der Waals surface area contributed by atoms with E-state index in [-0.39, 0.29) is 40.9 Å². The quantitative estimate of drug-likeness (QED) is 0.514. The van der Waals surface area contributed by atoms with E-state index in [9.17, 15) is 18.3 Å². The second-order valence-corrected chi connectivity index (χ2v) is 15.2. The predicted molar refractivity (Wildman–Crippen MR) is 149 cm³/mol. The summed E-state index contributed by atoms with van der Waals surface area (Å²) in [6.07, 6.45) is 9.96. The molecule has 1 aromatic rings. The Hall–Kier alpha value is -1.74. The molecule has 2 aliphatic heterocycles. The molecule has 0 aromatic heterocycles. The van der Waals surface area contributed by atoms with Crippen molar-refractivity contribution in [2.75, 3.05) is 38.5 Å². The second-order valence-electron chi connectivity index (χ2n) is 13.3. The number of allylic oxidation sites excluding steroid dienone is 1. The fraction of sp³-hybridized carbons (Fsp3) is 0.700. The van der Waals surface area contributed by atoms with Crippen molar-refractivity contribution in [1.29, 1.82) is 0 Å². The van der Waals surface area contributed by atoms with E-state index in [1.807, 2.05) is 0 Å². The molecule has 2 saturated carbocycles. The van der Waals surface area contributed by atoms with Gasteiger partial charge in [0.15, 0.2) is 0 Å². The maximum atomic E-state index is 14.0. The first-order valence-corrected chi connectivity index (χ1v) is 16.1. The Kier molecular flexibility index (Phi) is 6.38. The summed E-state index contributed by atoms with van der Waals surface area (Å²) in [7, 11) is -3.61. The van der Waals surface area contributed by atoms with E-state index in [0.717, 1.165) is 38.6 Å². The van der Waals surface area contributed by atoms with E-state index in [4.69, 9.17) is 0 Å². The predicted octanol–water partition coefficient (Wildman–Crippen LogP) is 3.05. The molecule has 2 heterocycles. The molecule has 38 heavy (non-hydrogen) atoms. The van der Waals surface area contributed by atoms with Crippen molar-refractivity contribution in [3.05, 3.63) is 41.5 Å². The van der Waals surface area contributed by atoms with Crippen molar-refractivity contribution < 1.29 is 18.3 Å². The van der Waals surface area contributed by atoms with Crippen molar-refractivity contribution in [3.8, 4) is 0 Å². The second kappa shape index (κ2) is 9.15. The summed E-state index contributed by atoms with van der Waals surface area (Å²) in [5.41, 5.74) is 0.138. The lowest BCUT2D eigenvalue weighted by molar-refractivity contribution is -0.130. The van der Waals surface area contributed by atoms with Crippen LogP contribution in [0, 0.1) is 22.7 Å². The number of carbonyl (C=O) groups is 1. The van der Waals surface area contributed by atoms with Gasteiger partial charge in [-0.15, -0.1) is 0 Å². The zero-order chi connectivity index (χ0) is 26.8. The first kappa shape index (κ1) is 26.5. The van der Waals surface area contributed by atoms with Crippen LogP contribution in [0.15, 0.2) is 30.3 Å². The number of amides is 1. The summed E-state index contributed by atoms with van der Waals surface area (Å²) in [6, 6.07) is 8.43. The van der Waals surface area contributed by atoms with Gasteiger partial charge in [-0.05, 0) is 74.0 Å². The molecular weight excluding hydrogens is 498 g/mol. The Balaban J connectivity index is 1.19. The van der Waals surface area contributed by atoms with Crippen LogP contribution in [0.2, 0.25) is 0 Å². The van der Waals surface area contributed by atoms with Gasteiger partial charge in [0, 0.05) is 37.0 Å². The molecule has 2 bridgehead atoms. The lowest BCUT2D eigenvalue weighted by atomic mass is 9.64. The molecule has 3 aliphatic carbocycles. The summed E-state index contributed by atoms with van der Waals surface area (Å²) < 4.78 is 29.7. The number of hydrogen-bond donors (Lipinski definition) is 3. The monoisotopic (exact) mass is 541 g/mol. The third kappa shape index (κ3) is 3.93. The average Bonchev–Trinajstić information content (AvgIpc) is 3.43. The molecule has 5 aliphatic rings. The normalized spacial score (nSPS) is 35.4. The van der Waals surface area contributed by atoms with E-state index >= 15 is 0 Å². The zero-order valence-electron chi connectivity index (χ0n) is 22.8. The van der Waals surface area contributed by atoms with E-state index in [1.54, 1.807) is 4.31 Å². The van der Waals surface area contributed by atoms with Crippen LogP contribution in [0.1, 0.15) is 69.9 Å². The zero-order valence-corrected chi connectivity index (χ0v) is 23.7. The van der Waals surface area contributed by atoms with Crippen LogP contribution >= 0.6 is 0 Å². The highest BCUT2D eigenvalue weighted by atomic mass is 32.2. The highest BCUT2D eigenvalue weighted by Gasteiger charge is 2.72. The summed E-state index contributed by atoms with van der Waals surface area (Å²) in [4.78, 5) is 12.9. The molecule has 208 valence electrons. The van der Waals surface area contributed by atoms with Crippen molar-refractivity contribution in [3.63, 3.8) is 0 Å². The van der Waals surface area contributed by atoms with Gasteiger partial charge in [0.25, 0.3) is 0 Å². The highest BCUT2D eigenvalue weighted by molar-refractivity contribution is 7.89. The molecule has 1 unspecified atom stereocenters. The number of nitrogens with one attached hydrogen (secondary N) is 2. The van der Waals surface area contributed by atoms with Gasteiger partial charge in [-0.3, -0.25) is 4.79 Å². The maximum Gasteiger partial charge on any atom is 0.224 e. The third-order valence-corrected chi connectivity index (χ3v) is 13.4. The summed E-state index contributed by atoms with van der Waals surface area (Å²) in [6.45, 7) is 6.98. The SMILES string of the molecule is CC1(C)[C@@H]2CC[C@@]1(CS(=O)(=O)N1CCC3(C=Cc4ccccc43)CC1)[C@](O)(CNC(=O)C1CCCNC1)C2. The van der Waals surface area contributed by atoms with Crippen molar-refractivity contribution in [2.24, 2.45) is 22.7 Å². The first-order valence-electron chi connectivity index (χ1n) is 14.5. The van der Waals surface area contributed by atoms with Gasteiger partial charge in [0.05, 0.1) is 17.3 Å². The molecule has 3 N–H and O–H groups in total. The van der Waals surface area contributed by atoms with Crippen LogP contribution in [0.25, 0.3) is 6.08 Å². The third-order valence-electron chi connectivity index (χ3n) is 11.4. The Labute approximate surface area is 227 Å². The van der Waals surface area contributed by atoms with E-state index in [1.165, 1.54) is 11.1 Å². The molecule has 1 amide bonds. The summed E-state index contributed by atoms with van der Waals surface area (Å²) >= 11 is 0. The van der Waals surface area contributed by atoms with Crippen molar-refractivity contribution in [2.45, 2.75) is 69.8 Å². The molecule has 1 spiro atoms. The lowest BCUT2D eigenvalue weighted by Crippen LogP contribution is -2.60. The van der Waals surface area contributed by atoms with Crippen LogP contribution < -0.4 is 10.6 Å². The molecule has 4 fully saturated rings. The van der Waals surface area contributed by atoms with E-state index in [0.29, 0.717) is 32.5 Å². The van der Waals surface area contributed by atoms with Crippen molar-refractivity contribution >= 4 is 22.0 Å². The molecular formula is C30H43N3O4S. The molecule has 8 heteroatoms. The van der Waals surface area contributed by atoms with Gasteiger partial charge in [-0.2, -0.15) is 0 Å². The van der Waals surface area contributed by atoms with Crippen LogP contribution in [0.3, 0.4) is 0 Å². The molecule has 2 saturated heterocycles. The van der Waals surface area contributed by atoms with Gasteiger partial charge >= 0.3 is 0 Å². The minimum absolute atomic E-state index is 0.0320. The number of sulfonamides is 1. The highest BCUT2D eigenvalue weighted by Crippen LogP contribution is 2.70. The number of piperidine rings is 2. The van der Waals surface area contributed by atoms with Crippen LogP contribution in [0.5, 0.6) is 0 Å². The number of benzene rings is 1. The largest absolute Gasteiger partial charge is 0.387 e. The average molecular weight is 542 g/mol. The molecule has 6 rings (SSSR count). The number of carbonyl (C=O) groups excluding carboxylic acids is 1. The molecule has 1 aromatic carbocycles. The smallest absolute Gasteiger partial charge is 0.224 e. The Morgan fingerprint density at radius 1 is 1.16 bits per heavy atom. The Bertz CT molecular complexity index is 1230. The van der Waals surface area contributed by atoms with Gasteiger partial charge in [-0.25, -0.2) is 12.7 Å². The van der Waals surface area contributed by atoms with Gasteiger partial charge in [0.1, 0.15) is 0 Å². The maximum absolute atomic E-state index is 14.0. The molecule has 4 atom stereocenters. The fourth-order valence-electron chi connectivity index (χ4n) is 8.81. The fourth-order valence-corrected chi connectivity index (χ4v) is 11.1. The van der Waals surface area contributed by atoms with E-state index < -0.39 is 21.0 Å². The number of hydrogen-bond acceptors (Lipinski definition) is 5. The van der Waals surface area contributed by atoms with Gasteiger partial charge < -0.3 is 15.7 Å². The topological polar surface area (TPSA) is 98.7 Å². The van der Waals surface area contributed by atoms with Gasteiger partial charge in [-0.1, -0.05) is 50.3 Å². The van der Waals surface area contributed by atoms with Crippen LogP contribution in [0.4, 0.5) is 0 Å². The van der Waals surface area contributed by atoms with Crippen LogP contribution in [-0.2, 0) is 20.2 Å². The summed E-state index contributed by atoms with van der Waals surface area (Å²) in [5.74, 6) is 0.0746. The number of aliphatic hydroxyl groups is 1.